The molecule has 0 spiro atoms. The van der Waals surface area contributed by atoms with Crippen LogP contribution in [-0.2, 0) is 4.79 Å². The van der Waals surface area contributed by atoms with Crippen LogP contribution in [-0.4, -0.2) is 27.4 Å². The Morgan fingerprint density at radius 2 is 2.35 bits per heavy atom. The molecule has 1 aliphatic carbocycles. The summed E-state index contributed by atoms with van der Waals surface area (Å²) >= 11 is 4.70. The highest BCUT2D eigenvalue weighted by molar-refractivity contribution is 9.10. The van der Waals surface area contributed by atoms with Crippen LogP contribution in [0.3, 0.4) is 0 Å². The fourth-order valence-corrected chi connectivity index (χ4v) is 2.87. The summed E-state index contributed by atoms with van der Waals surface area (Å²) in [6.45, 7) is 0. The SMILES string of the molecule is NC(CSc1ccc(Br)cn1)(C(=O)O)C1CC1. The molecule has 17 heavy (non-hydrogen) atoms. The number of carboxylic acid groups (broad SMARTS) is 1. The van der Waals surface area contributed by atoms with Crippen LogP contribution in [0.5, 0.6) is 0 Å². The lowest BCUT2D eigenvalue weighted by molar-refractivity contribution is -0.143. The molecule has 6 heteroatoms. The molecule has 0 radical (unpaired) electrons. The zero-order chi connectivity index (χ0) is 12.5. The highest BCUT2D eigenvalue weighted by Gasteiger charge is 2.48. The number of nitrogens with two attached hydrogens (primary N) is 1. The predicted molar refractivity (Wildman–Crippen MR) is 69.9 cm³/mol. The van der Waals surface area contributed by atoms with Crippen LogP contribution < -0.4 is 5.73 Å². The van der Waals surface area contributed by atoms with Crippen molar-refractivity contribution in [2.45, 2.75) is 23.4 Å². The quantitative estimate of drug-likeness (QED) is 0.814. The molecule has 1 unspecified atom stereocenters. The summed E-state index contributed by atoms with van der Waals surface area (Å²) in [5.41, 5.74) is 4.85. The van der Waals surface area contributed by atoms with E-state index in [-0.39, 0.29) is 5.92 Å². The topological polar surface area (TPSA) is 76.2 Å². The van der Waals surface area contributed by atoms with Gasteiger partial charge < -0.3 is 10.8 Å². The van der Waals surface area contributed by atoms with E-state index in [2.05, 4.69) is 20.9 Å². The van der Waals surface area contributed by atoms with Gasteiger partial charge in [0.2, 0.25) is 0 Å². The van der Waals surface area contributed by atoms with Gasteiger partial charge in [-0.15, -0.1) is 11.8 Å². The minimum atomic E-state index is -1.11. The fraction of sp³-hybridized carbons (Fsp3) is 0.455. The van der Waals surface area contributed by atoms with Crippen molar-refractivity contribution in [1.29, 1.82) is 0 Å². The van der Waals surface area contributed by atoms with E-state index in [1.807, 2.05) is 12.1 Å². The number of hydrogen-bond acceptors (Lipinski definition) is 4. The highest BCUT2D eigenvalue weighted by atomic mass is 79.9. The predicted octanol–water partition coefficient (Wildman–Crippen LogP) is 2.13. The van der Waals surface area contributed by atoms with Crippen LogP contribution >= 0.6 is 27.7 Å². The van der Waals surface area contributed by atoms with E-state index in [1.54, 1.807) is 6.20 Å². The normalized spacial score (nSPS) is 18.7. The largest absolute Gasteiger partial charge is 0.480 e. The van der Waals surface area contributed by atoms with E-state index in [4.69, 9.17) is 5.73 Å². The molecule has 0 aliphatic heterocycles. The highest BCUT2D eigenvalue weighted by Crippen LogP contribution is 2.40. The summed E-state index contributed by atoms with van der Waals surface area (Å²) in [4.78, 5) is 15.4. The smallest absolute Gasteiger partial charge is 0.324 e. The Morgan fingerprint density at radius 1 is 1.65 bits per heavy atom. The molecule has 0 amide bonds. The van der Waals surface area contributed by atoms with Crippen LogP contribution in [0.1, 0.15) is 12.8 Å². The maximum Gasteiger partial charge on any atom is 0.324 e. The molecule has 92 valence electrons. The van der Waals surface area contributed by atoms with E-state index >= 15 is 0 Å². The van der Waals surface area contributed by atoms with Crippen molar-refractivity contribution in [3.8, 4) is 0 Å². The Hall–Kier alpha value is -0.590. The molecular weight excluding hydrogens is 304 g/mol. The van der Waals surface area contributed by atoms with Gasteiger partial charge in [-0.1, -0.05) is 0 Å². The van der Waals surface area contributed by atoms with Crippen molar-refractivity contribution in [3.63, 3.8) is 0 Å². The van der Waals surface area contributed by atoms with Crippen LogP contribution in [0, 0.1) is 5.92 Å². The van der Waals surface area contributed by atoms with Crippen LogP contribution in [0.25, 0.3) is 0 Å². The monoisotopic (exact) mass is 316 g/mol. The Balaban J connectivity index is 2.00. The van der Waals surface area contributed by atoms with Gasteiger partial charge >= 0.3 is 5.97 Å². The first-order valence-corrected chi connectivity index (χ1v) is 7.07. The number of aromatic nitrogens is 1. The van der Waals surface area contributed by atoms with Crippen molar-refractivity contribution < 1.29 is 9.90 Å². The second-order valence-corrected chi connectivity index (χ2v) is 6.13. The average Bonchev–Trinajstić information content (AvgIpc) is 3.11. The van der Waals surface area contributed by atoms with E-state index < -0.39 is 11.5 Å². The summed E-state index contributed by atoms with van der Waals surface area (Å²) in [5, 5.41) is 10.00. The Labute approximate surface area is 112 Å². The number of hydrogen-bond donors (Lipinski definition) is 2. The summed E-state index contributed by atoms with van der Waals surface area (Å²) < 4.78 is 0.904. The van der Waals surface area contributed by atoms with Crippen molar-refractivity contribution in [2.75, 3.05) is 5.75 Å². The number of thioether (sulfide) groups is 1. The third-order valence-electron chi connectivity index (χ3n) is 2.86. The molecule has 0 saturated heterocycles. The number of nitrogens with zero attached hydrogens (tertiary/aromatic N) is 1. The van der Waals surface area contributed by atoms with E-state index in [0.717, 1.165) is 22.3 Å². The minimum Gasteiger partial charge on any atom is -0.480 e. The molecular formula is C11H13BrN2O2S. The van der Waals surface area contributed by atoms with Crippen molar-refractivity contribution >= 4 is 33.7 Å². The number of aliphatic carboxylic acids is 1. The molecule has 2 rings (SSSR count). The molecule has 1 aromatic rings. The average molecular weight is 317 g/mol. The fourth-order valence-electron chi connectivity index (χ4n) is 1.59. The lowest BCUT2D eigenvalue weighted by Crippen LogP contribution is -2.52. The van der Waals surface area contributed by atoms with Crippen molar-refractivity contribution in [3.05, 3.63) is 22.8 Å². The third kappa shape index (κ3) is 3.00. The number of halogens is 1. The molecule has 1 heterocycles. The molecule has 1 fully saturated rings. The molecule has 0 aromatic carbocycles. The summed E-state index contributed by atoms with van der Waals surface area (Å²) in [6.07, 6.45) is 3.52. The summed E-state index contributed by atoms with van der Waals surface area (Å²) in [5.74, 6) is -0.436. The van der Waals surface area contributed by atoms with Crippen LogP contribution in [0.15, 0.2) is 27.8 Å². The number of carboxylic acids is 1. The second-order valence-electron chi connectivity index (χ2n) is 4.22. The Bertz CT molecular complexity index is 422. The van der Waals surface area contributed by atoms with Gasteiger partial charge in [-0.2, -0.15) is 0 Å². The molecule has 3 N–H and O–H groups in total. The number of rotatable bonds is 5. The number of pyridine rings is 1. The first kappa shape index (κ1) is 12.9. The van der Waals surface area contributed by atoms with E-state index in [9.17, 15) is 9.90 Å². The van der Waals surface area contributed by atoms with Gasteiger partial charge in [0.05, 0.1) is 5.03 Å². The van der Waals surface area contributed by atoms with Gasteiger partial charge in [0, 0.05) is 16.4 Å². The number of carbonyl (C=O) groups is 1. The molecule has 1 saturated carbocycles. The molecule has 1 aliphatic rings. The van der Waals surface area contributed by atoms with Crippen molar-refractivity contribution in [1.82, 2.24) is 4.98 Å². The van der Waals surface area contributed by atoms with Crippen molar-refractivity contribution in [2.24, 2.45) is 11.7 Å². The Morgan fingerprint density at radius 3 is 2.82 bits per heavy atom. The van der Waals surface area contributed by atoms with Crippen LogP contribution in [0.2, 0.25) is 0 Å². The van der Waals surface area contributed by atoms with Gasteiger partial charge in [0.1, 0.15) is 5.54 Å². The lowest BCUT2D eigenvalue weighted by atomic mass is 9.98. The summed E-state index contributed by atoms with van der Waals surface area (Å²) in [6, 6.07) is 3.73. The maximum atomic E-state index is 11.2. The van der Waals surface area contributed by atoms with E-state index in [0.29, 0.717) is 5.75 Å². The van der Waals surface area contributed by atoms with Gasteiger partial charge in [-0.25, -0.2) is 4.98 Å². The second kappa shape index (κ2) is 4.96. The first-order chi connectivity index (χ1) is 8.02. The minimum absolute atomic E-state index is 0.114. The lowest BCUT2D eigenvalue weighted by Gasteiger charge is -2.23. The molecule has 4 nitrogen and oxygen atoms in total. The zero-order valence-electron chi connectivity index (χ0n) is 9.10. The first-order valence-electron chi connectivity index (χ1n) is 5.29. The molecule has 1 atom stereocenters. The molecule has 1 aromatic heterocycles. The van der Waals surface area contributed by atoms with Gasteiger partial charge in [0.15, 0.2) is 0 Å². The zero-order valence-corrected chi connectivity index (χ0v) is 11.5. The van der Waals surface area contributed by atoms with Gasteiger partial charge in [-0.05, 0) is 46.8 Å². The maximum absolute atomic E-state index is 11.2. The third-order valence-corrected chi connectivity index (χ3v) is 4.49. The Kier molecular flexibility index (Phi) is 3.75. The van der Waals surface area contributed by atoms with Gasteiger partial charge in [-0.3, -0.25) is 4.79 Å². The summed E-state index contributed by atoms with van der Waals surface area (Å²) in [7, 11) is 0. The van der Waals surface area contributed by atoms with Crippen LogP contribution in [0.4, 0.5) is 0 Å². The standard InChI is InChI=1S/C11H13BrN2O2S/c12-8-3-4-9(14-5-8)17-6-11(13,10(15)16)7-1-2-7/h3-5,7H,1-2,6,13H2,(H,15,16). The van der Waals surface area contributed by atoms with Gasteiger partial charge in [0.25, 0.3) is 0 Å². The molecule has 0 bridgehead atoms. The van der Waals surface area contributed by atoms with E-state index in [1.165, 1.54) is 11.8 Å².